The van der Waals surface area contributed by atoms with Gasteiger partial charge in [-0.2, -0.15) is 5.10 Å². The molecule has 1 aliphatic rings. The van der Waals surface area contributed by atoms with Gasteiger partial charge >= 0.3 is 6.03 Å². The number of aryl methyl sites for hydroxylation is 2. The molecule has 0 radical (unpaired) electrons. The van der Waals surface area contributed by atoms with Gasteiger partial charge in [0.15, 0.2) is 5.65 Å². The van der Waals surface area contributed by atoms with Gasteiger partial charge in [0.05, 0.1) is 22.3 Å². The first-order chi connectivity index (χ1) is 13.9. The van der Waals surface area contributed by atoms with Gasteiger partial charge in [-0.15, -0.1) is 0 Å². The van der Waals surface area contributed by atoms with Crippen molar-refractivity contribution in [1.29, 1.82) is 0 Å². The summed E-state index contributed by atoms with van der Waals surface area (Å²) in [6.45, 7) is 3.02. The summed E-state index contributed by atoms with van der Waals surface area (Å²) in [4.78, 5) is 31.1. The predicted octanol–water partition coefficient (Wildman–Crippen LogP) is 2.22. The third-order valence-electron chi connectivity index (χ3n) is 5.40. The zero-order valence-corrected chi connectivity index (χ0v) is 16.6. The topological polar surface area (TPSA) is 106 Å². The van der Waals surface area contributed by atoms with E-state index in [0.29, 0.717) is 37.1 Å². The summed E-state index contributed by atoms with van der Waals surface area (Å²) in [6.07, 6.45) is 1.36. The summed E-state index contributed by atoms with van der Waals surface area (Å²) in [6, 6.07) is 11.2. The van der Waals surface area contributed by atoms with E-state index >= 15 is 0 Å². The molecule has 3 aromatic rings. The summed E-state index contributed by atoms with van der Waals surface area (Å²) >= 11 is 0. The number of primary amides is 1. The zero-order chi connectivity index (χ0) is 20.5. The molecule has 2 aromatic heterocycles. The van der Waals surface area contributed by atoms with Crippen LogP contribution in [0, 0.1) is 6.92 Å². The predicted molar refractivity (Wildman–Crippen MR) is 110 cm³/mol. The first-order valence-corrected chi connectivity index (χ1v) is 9.69. The second-order valence-corrected chi connectivity index (χ2v) is 7.40. The monoisotopic (exact) mass is 392 g/mol. The van der Waals surface area contributed by atoms with Gasteiger partial charge in [-0.05, 0) is 25.8 Å². The van der Waals surface area contributed by atoms with Crippen molar-refractivity contribution in [2.24, 2.45) is 12.8 Å². The van der Waals surface area contributed by atoms with E-state index in [1.54, 1.807) is 4.68 Å². The number of piperidine rings is 1. The van der Waals surface area contributed by atoms with Crippen LogP contribution in [0.2, 0.25) is 0 Å². The number of aromatic nitrogens is 3. The summed E-state index contributed by atoms with van der Waals surface area (Å²) in [5, 5.41) is 8.00. The number of urea groups is 1. The van der Waals surface area contributed by atoms with E-state index in [-0.39, 0.29) is 11.9 Å². The summed E-state index contributed by atoms with van der Waals surface area (Å²) in [5.74, 6) is -0.0387. The number of pyridine rings is 1. The van der Waals surface area contributed by atoms with Crippen LogP contribution in [0.4, 0.5) is 4.79 Å². The molecule has 0 spiro atoms. The molecule has 0 aliphatic carbocycles. The summed E-state index contributed by atoms with van der Waals surface area (Å²) < 4.78 is 1.72. The highest BCUT2D eigenvalue weighted by Gasteiger charge is 2.27. The maximum atomic E-state index is 13.4. The van der Waals surface area contributed by atoms with Crippen LogP contribution < -0.4 is 11.1 Å². The number of hydrogen-bond donors (Lipinski definition) is 2. The Kier molecular flexibility index (Phi) is 4.92. The van der Waals surface area contributed by atoms with Crippen LogP contribution in [0.1, 0.15) is 28.9 Å². The molecule has 3 N–H and O–H groups in total. The average molecular weight is 392 g/mol. The molecule has 8 heteroatoms. The number of hydrogen-bond acceptors (Lipinski definition) is 4. The number of benzene rings is 1. The maximum absolute atomic E-state index is 13.4. The molecule has 1 aromatic carbocycles. The number of nitrogens with two attached hydrogens (primary N) is 1. The number of nitrogens with one attached hydrogen (secondary N) is 1. The Morgan fingerprint density at radius 1 is 1.17 bits per heavy atom. The highest BCUT2D eigenvalue weighted by atomic mass is 16.2. The van der Waals surface area contributed by atoms with Gasteiger partial charge in [0.1, 0.15) is 0 Å². The van der Waals surface area contributed by atoms with E-state index in [1.807, 2.05) is 55.3 Å². The van der Waals surface area contributed by atoms with Gasteiger partial charge in [-0.25, -0.2) is 9.78 Å². The normalized spacial score (nSPS) is 14.9. The molecule has 0 saturated carbocycles. The fraction of sp³-hybridized carbons (Fsp3) is 0.333. The van der Waals surface area contributed by atoms with Gasteiger partial charge in [0, 0.05) is 31.7 Å². The van der Waals surface area contributed by atoms with Crippen molar-refractivity contribution in [3.05, 3.63) is 47.7 Å². The van der Waals surface area contributed by atoms with Crippen molar-refractivity contribution < 1.29 is 9.59 Å². The smallest absolute Gasteiger partial charge is 0.312 e. The van der Waals surface area contributed by atoms with Crippen LogP contribution in [0.25, 0.3) is 22.3 Å². The van der Waals surface area contributed by atoms with E-state index < -0.39 is 6.03 Å². The molecule has 29 heavy (non-hydrogen) atoms. The number of rotatable bonds is 3. The minimum atomic E-state index is -0.524. The Morgan fingerprint density at radius 3 is 2.52 bits per heavy atom. The molecule has 1 saturated heterocycles. The molecule has 8 nitrogen and oxygen atoms in total. The number of amides is 3. The first-order valence-electron chi connectivity index (χ1n) is 9.69. The first kappa shape index (κ1) is 18.9. The van der Waals surface area contributed by atoms with Crippen molar-refractivity contribution >= 4 is 23.0 Å². The van der Waals surface area contributed by atoms with Crippen molar-refractivity contribution in [2.75, 3.05) is 13.1 Å². The van der Waals surface area contributed by atoms with Gasteiger partial charge in [-0.3, -0.25) is 9.48 Å². The van der Waals surface area contributed by atoms with Crippen LogP contribution >= 0.6 is 0 Å². The molecule has 1 fully saturated rings. The van der Waals surface area contributed by atoms with Crippen LogP contribution in [0.3, 0.4) is 0 Å². The minimum absolute atomic E-state index is 0.00835. The Hall–Kier alpha value is -3.42. The zero-order valence-electron chi connectivity index (χ0n) is 16.6. The highest BCUT2D eigenvalue weighted by molar-refractivity contribution is 6.07. The second-order valence-electron chi connectivity index (χ2n) is 7.40. The Bertz CT molecular complexity index is 1070. The fourth-order valence-electron chi connectivity index (χ4n) is 3.97. The van der Waals surface area contributed by atoms with Crippen LogP contribution in [0.15, 0.2) is 36.4 Å². The number of fused-ring (bicyclic) bond motifs is 1. The van der Waals surface area contributed by atoms with Crippen LogP contribution in [-0.2, 0) is 7.05 Å². The maximum Gasteiger partial charge on any atom is 0.312 e. The van der Waals surface area contributed by atoms with E-state index in [2.05, 4.69) is 10.4 Å². The fourth-order valence-corrected chi connectivity index (χ4v) is 3.97. The lowest BCUT2D eigenvalue weighted by Gasteiger charge is -2.32. The molecule has 150 valence electrons. The Morgan fingerprint density at radius 2 is 1.86 bits per heavy atom. The number of likely N-dealkylation sites (tertiary alicyclic amines) is 1. The third kappa shape index (κ3) is 3.65. The standard InChI is InChI=1S/C21H24N6O2/c1-13-18-16(20(28)27-10-8-15(9-11-27)23-21(22)29)12-17(14-6-4-3-5-7-14)24-19(18)26(2)25-13/h3-7,12,15H,8-11H2,1-2H3,(H3,22,23,29). The Balaban J connectivity index is 1.71. The van der Waals surface area contributed by atoms with E-state index in [9.17, 15) is 9.59 Å². The van der Waals surface area contributed by atoms with Crippen LogP contribution in [-0.4, -0.2) is 50.7 Å². The highest BCUT2D eigenvalue weighted by Crippen LogP contribution is 2.28. The number of nitrogens with zero attached hydrogens (tertiary/aromatic N) is 4. The molecule has 0 bridgehead atoms. The minimum Gasteiger partial charge on any atom is -0.352 e. The molecule has 4 rings (SSSR count). The molecule has 3 amide bonds. The van der Waals surface area contributed by atoms with E-state index in [0.717, 1.165) is 22.3 Å². The average Bonchev–Trinajstić information content (AvgIpc) is 3.01. The molecule has 0 unspecified atom stereocenters. The van der Waals surface area contributed by atoms with Gasteiger partial charge in [-0.1, -0.05) is 30.3 Å². The third-order valence-corrected chi connectivity index (χ3v) is 5.40. The van der Waals surface area contributed by atoms with E-state index in [4.69, 9.17) is 10.7 Å². The van der Waals surface area contributed by atoms with E-state index in [1.165, 1.54) is 0 Å². The second kappa shape index (κ2) is 7.54. The quantitative estimate of drug-likeness (QED) is 0.713. The largest absolute Gasteiger partial charge is 0.352 e. The van der Waals surface area contributed by atoms with Crippen molar-refractivity contribution in [2.45, 2.75) is 25.8 Å². The summed E-state index contributed by atoms with van der Waals surface area (Å²) in [5.41, 5.74) is 9.00. The lowest BCUT2D eigenvalue weighted by molar-refractivity contribution is 0.0710. The van der Waals surface area contributed by atoms with Gasteiger partial charge in [0.2, 0.25) is 0 Å². The van der Waals surface area contributed by atoms with Gasteiger partial charge in [0.25, 0.3) is 5.91 Å². The SMILES string of the molecule is Cc1nn(C)c2nc(-c3ccccc3)cc(C(=O)N3CCC(NC(N)=O)CC3)c12. The molecule has 0 atom stereocenters. The van der Waals surface area contributed by atoms with Crippen LogP contribution in [0.5, 0.6) is 0 Å². The molecular weight excluding hydrogens is 368 g/mol. The lowest BCUT2D eigenvalue weighted by atomic mass is 10.0. The molecular formula is C21H24N6O2. The number of carbonyl (C=O) groups is 2. The Labute approximate surface area is 168 Å². The van der Waals surface area contributed by atoms with Gasteiger partial charge < -0.3 is 16.0 Å². The summed E-state index contributed by atoms with van der Waals surface area (Å²) in [7, 11) is 1.84. The molecule has 3 heterocycles. The molecule has 1 aliphatic heterocycles. The van der Waals surface area contributed by atoms with Crippen molar-refractivity contribution in [1.82, 2.24) is 25.0 Å². The van der Waals surface area contributed by atoms with Crippen molar-refractivity contribution in [3.8, 4) is 11.3 Å². The number of carbonyl (C=O) groups excluding carboxylic acids is 2. The van der Waals surface area contributed by atoms with Crippen molar-refractivity contribution in [3.63, 3.8) is 0 Å². The lowest BCUT2D eigenvalue weighted by Crippen LogP contribution is -2.47.